The van der Waals surface area contributed by atoms with Gasteiger partial charge in [-0.05, 0) is 33.9 Å². The summed E-state index contributed by atoms with van der Waals surface area (Å²) < 4.78 is 5.78. The lowest BCUT2D eigenvalue weighted by molar-refractivity contribution is -0.138. The number of fused-ring (bicyclic) bond motifs is 4. The lowest BCUT2D eigenvalue weighted by atomic mass is 9.98. The minimum Gasteiger partial charge on any atom is -0.480 e. The van der Waals surface area contributed by atoms with Gasteiger partial charge in [0.1, 0.15) is 18.3 Å². The summed E-state index contributed by atoms with van der Waals surface area (Å²) in [5.41, 5.74) is 11.9. The van der Waals surface area contributed by atoms with Crippen molar-refractivity contribution in [1.29, 1.82) is 0 Å². The van der Waals surface area contributed by atoms with E-state index in [0.29, 0.717) is 5.56 Å². The van der Waals surface area contributed by atoms with Crippen LogP contribution in [0, 0.1) is 0 Å². The number of hydrogen-bond acceptors (Lipinski definition) is 4. The van der Waals surface area contributed by atoms with Crippen molar-refractivity contribution in [3.63, 3.8) is 0 Å². The summed E-state index contributed by atoms with van der Waals surface area (Å²) in [5, 5.41) is 10.0. The summed E-state index contributed by atoms with van der Waals surface area (Å²) in [4.78, 5) is 27.5. The second-order valence-corrected chi connectivity index (χ2v) is 8.00. The van der Waals surface area contributed by atoms with Crippen LogP contribution in [-0.2, 0) is 16.0 Å². The molecule has 1 aliphatic rings. The summed E-state index contributed by atoms with van der Waals surface area (Å²) in [5.74, 6) is -1.69. The van der Waals surface area contributed by atoms with E-state index >= 15 is 0 Å². The smallest absolute Gasteiger partial charge is 0.355 e. The van der Waals surface area contributed by atoms with Crippen molar-refractivity contribution in [2.75, 3.05) is 6.61 Å². The molecule has 0 radical (unpaired) electrons. The summed E-state index contributed by atoms with van der Waals surface area (Å²) in [6.07, 6.45) is 0.0267. The molecule has 1 heterocycles. The number of carboxylic acid groups (broad SMARTS) is 1. The highest BCUT2D eigenvalue weighted by Crippen LogP contribution is 2.44. The van der Waals surface area contributed by atoms with Gasteiger partial charge in [0.25, 0.3) is 0 Å². The molecule has 0 aliphatic heterocycles. The average molecular weight is 426 g/mol. The zero-order chi connectivity index (χ0) is 22.2. The lowest BCUT2D eigenvalue weighted by Crippen LogP contribution is -2.32. The van der Waals surface area contributed by atoms with E-state index in [4.69, 9.17) is 10.5 Å². The third kappa shape index (κ3) is 3.35. The SMILES string of the molecule is N[C@@H](Cc1c(C(=O)OCC2c3ccccc3-c3ccccc32)[nH]c2ccccc12)C(=O)O. The van der Waals surface area contributed by atoms with Crippen molar-refractivity contribution >= 4 is 22.8 Å². The van der Waals surface area contributed by atoms with Crippen LogP contribution in [0.15, 0.2) is 72.8 Å². The minimum atomic E-state index is -1.12. The molecular weight excluding hydrogens is 404 g/mol. The third-order valence-electron chi connectivity index (χ3n) is 6.10. The number of carboxylic acids is 1. The summed E-state index contributed by atoms with van der Waals surface area (Å²) in [7, 11) is 0. The van der Waals surface area contributed by atoms with Crippen LogP contribution in [0.4, 0.5) is 0 Å². The Balaban J connectivity index is 1.45. The molecule has 6 nitrogen and oxygen atoms in total. The predicted molar refractivity (Wildman–Crippen MR) is 122 cm³/mol. The highest BCUT2D eigenvalue weighted by atomic mass is 16.5. The van der Waals surface area contributed by atoms with Gasteiger partial charge in [0.15, 0.2) is 0 Å². The maximum absolute atomic E-state index is 13.1. The van der Waals surface area contributed by atoms with E-state index in [1.807, 2.05) is 48.5 Å². The first-order chi connectivity index (χ1) is 15.5. The van der Waals surface area contributed by atoms with Crippen molar-refractivity contribution in [3.05, 3.63) is 95.2 Å². The Hall–Kier alpha value is -3.90. The summed E-state index contributed by atoms with van der Waals surface area (Å²) in [6.45, 7) is 0.187. The van der Waals surface area contributed by atoms with Crippen molar-refractivity contribution < 1.29 is 19.4 Å². The van der Waals surface area contributed by atoms with Gasteiger partial charge in [-0.1, -0.05) is 66.7 Å². The van der Waals surface area contributed by atoms with Crippen LogP contribution in [-0.4, -0.2) is 34.7 Å². The number of rotatable bonds is 6. The number of H-pyrrole nitrogens is 1. The maximum atomic E-state index is 13.1. The molecule has 3 aromatic carbocycles. The molecule has 1 aromatic heterocycles. The quantitative estimate of drug-likeness (QED) is 0.403. The highest BCUT2D eigenvalue weighted by molar-refractivity contribution is 5.98. The van der Waals surface area contributed by atoms with Gasteiger partial charge in [0.2, 0.25) is 0 Å². The first-order valence-corrected chi connectivity index (χ1v) is 10.5. The number of carbonyl (C=O) groups is 2. The molecule has 160 valence electrons. The zero-order valence-electron chi connectivity index (χ0n) is 17.2. The first-order valence-electron chi connectivity index (χ1n) is 10.5. The van der Waals surface area contributed by atoms with Gasteiger partial charge in [-0.25, -0.2) is 4.79 Å². The van der Waals surface area contributed by atoms with E-state index < -0.39 is 18.0 Å². The number of esters is 1. The number of aliphatic carboxylic acids is 1. The molecule has 0 amide bonds. The number of hydrogen-bond donors (Lipinski definition) is 3. The predicted octanol–water partition coefficient (Wildman–Crippen LogP) is 4.09. The number of carbonyl (C=O) groups excluding carboxylic acids is 1. The van der Waals surface area contributed by atoms with Gasteiger partial charge in [-0.3, -0.25) is 4.79 Å². The molecule has 0 fully saturated rings. The summed E-state index contributed by atoms with van der Waals surface area (Å²) >= 11 is 0. The third-order valence-corrected chi connectivity index (χ3v) is 6.10. The second-order valence-electron chi connectivity index (χ2n) is 8.00. The van der Waals surface area contributed by atoms with Gasteiger partial charge in [0.05, 0.1) is 0 Å². The Kier molecular flexibility index (Phi) is 4.99. The molecule has 0 bridgehead atoms. The van der Waals surface area contributed by atoms with Crippen LogP contribution in [0.2, 0.25) is 0 Å². The molecule has 4 N–H and O–H groups in total. The highest BCUT2D eigenvalue weighted by Gasteiger charge is 2.30. The Morgan fingerprint density at radius 3 is 2.19 bits per heavy atom. The number of ether oxygens (including phenoxy) is 1. The zero-order valence-corrected chi connectivity index (χ0v) is 17.2. The van der Waals surface area contributed by atoms with Gasteiger partial charge < -0.3 is 20.6 Å². The molecule has 0 spiro atoms. The number of para-hydroxylation sites is 1. The van der Waals surface area contributed by atoms with Crippen LogP contribution in [0.1, 0.15) is 33.1 Å². The van der Waals surface area contributed by atoms with E-state index in [1.165, 1.54) is 0 Å². The van der Waals surface area contributed by atoms with Crippen molar-refractivity contribution in [3.8, 4) is 11.1 Å². The Morgan fingerprint density at radius 1 is 0.938 bits per heavy atom. The number of aromatic amines is 1. The number of nitrogens with one attached hydrogen (secondary N) is 1. The number of benzene rings is 3. The average Bonchev–Trinajstić information content (AvgIpc) is 3.33. The molecule has 0 unspecified atom stereocenters. The molecule has 4 aromatic rings. The van der Waals surface area contributed by atoms with Gasteiger partial charge >= 0.3 is 11.9 Å². The summed E-state index contributed by atoms with van der Waals surface area (Å²) in [6, 6.07) is 22.5. The Labute approximate surface area is 184 Å². The standard InChI is InChI=1S/C26H22N2O4/c27-22(25(29)30)13-20-19-11-5-6-12-23(19)28-24(20)26(31)32-14-21-17-9-3-1-7-15(17)16-8-2-4-10-18(16)21/h1-12,21-22,28H,13-14,27H2,(H,29,30)/t22-/m0/s1. The van der Waals surface area contributed by atoms with E-state index in [1.54, 1.807) is 0 Å². The molecule has 1 aliphatic carbocycles. The fraction of sp³-hybridized carbons (Fsp3) is 0.154. The van der Waals surface area contributed by atoms with E-state index in [-0.39, 0.29) is 24.6 Å². The van der Waals surface area contributed by atoms with Gasteiger partial charge in [0, 0.05) is 23.2 Å². The molecule has 5 rings (SSSR count). The monoisotopic (exact) mass is 426 g/mol. The molecule has 0 saturated heterocycles. The first kappa shape index (κ1) is 20.0. The Bertz CT molecular complexity index is 1300. The van der Waals surface area contributed by atoms with Gasteiger partial charge in [-0.2, -0.15) is 0 Å². The molecule has 32 heavy (non-hydrogen) atoms. The van der Waals surface area contributed by atoms with Crippen LogP contribution < -0.4 is 5.73 Å². The molecule has 1 atom stereocenters. The fourth-order valence-electron chi connectivity index (χ4n) is 4.56. The van der Waals surface area contributed by atoms with E-state index in [9.17, 15) is 14.7 Å². The number of nitrogens with two attached hydrogens (primary N) is 1. The minimum absolute atomic E-state index is 0.0267. The Morgan fingerprint density at radius 2 is 1.53 bits per heavy atom. The second kappa shape index (κ2) is 7.98. The van der Waals surface area contributed by atoms with Crippen LogP contribution in [0.25, 0.3) is 22.0 Å². The lowest BCUT2D eigenvalue weighted by Gasteiger charge is -2.14. The van der Waals surface area contributed by atoms with Crippen molar-refractivity contribution in [2.45, 2.75) is 18.4 Å². The van der Waals surface area contributed by atoms with Crippen LogP contribution in [0.3, 0.4) is 0 Å². The van der Waals surface area contributed by atoms with E-state index in [0.717, 1.165) is 33.2 Å². The fourth-order valence-corrected chi connectivity index (χ4v) is 4.56. The van der Waals surface area contributed by atoms with E-state index in [2.05, 4.69) is 29.2 Å². The topological polar surface area (TPSA) is 105 Å². The molecule has 6 heteroatoms. The van der Waals surface area contributed by atoms with Crippen LogP contribution in [0.5, 0.6) is 0 Å². The van der Waals surface area contributed by atoms with Crippen molar-refractivity contribution in [2.24, 2.45) is 5.73 Å². The normalized spacial score (nSPS) is 13.5. The largest absolute Gasteiger partial charge is 0.480 e. The number of aromatic nitrogens is 1. The van der Waals surface area contributed by atoms with Crippen molar-refractivity contribution in [1.82, 2.24) is 4.98 Å². The maximum Gasteiger partial charge on any atom is 0.355 e. The molecule has 0 saturated carbocycles. The van der Waals surface area contributed by atoms with Gasteiger partial charge in [-0.15, -0.1) is 0 Å². The molecular formula is C26H22N2O4. The van der Waals surface area contributed by atoms with Crippen LogP contribution >= 0.6 is 0 Å².